The second-order valence-corrected chi connectivity index (χ2v) is 2.34. The van der Waals surface area contributed by atoms with Crippen molar-refractivity contribution in [2.24, 2.45) is 0 Å². The Kier molecular flexibility index (Phi) is 3.08. The minimum atomic E-state index is -1.25. The van der Waals surface area contributed by atoms with Gasteiger partial charge in [-0.05, 0) is 12.1 Å². The van der Waals surface area contributed by atoms with Crippen LogP contribution in [0.5, 0.6) is 0 Å². The first-order chi connectivity index (χ1) is 6.16. The average Bonchev–Trinajstić information content (AvgIpc) is 2.12. The SMILES string of the molecule is OCC=Cc1c(F)ccc(F)c1F. The maximum Gasteiger partial charge on any atom is 0.168 e. The molecule has 1 rings (SSSR count). The zero-order chi connectivity index (χ0) is 9.84. The van der Waals surface area contributed by atoms with E-state index in [4.69, 9.17) is 5.11 Å². The van der Waals surface area contributed by atoms with Crippen LogP contribution in [0.15, 0.2) is 18.2 Å². The Hall–Kier alpha value is -1.29. The lowest BCUT2D eigenvalue weighted by atomic mass is 10.2. The molecule has 0 fully saturated rings. The lowest BCUT2D eigenvalue weighted by molar-refractivity contribution is 0.343. The molecule has 0 aliphatic carbocycles. The van der Waals surface area contributed by atoms with Crippen LogP contribution in [0.25, 0.3) is 6.08 Å². The average molecular weight is 188 g/mol. The Balaban J connectivity index is 3.17. The summed E-state index contributed by atoms with van der Waals surface area (Å²) in [5, 5.41) is 8.35. The van der Waals surface area contributed by atoms with E-state index in [1.807, 2.05) is 0 Å². The van der Waals surface area contributed by atoms with Gasteiger partial charge in [0, 0.05) is 5.56 Å². The molecule has 0 atom stereocenters. The van der Waals surface area contributed by atoms with Crippen LogP contribution in [0.2, 0.25) is 0 Å². The monoisotopic (exact) mass is 188 g/mol. The number of hydrogen-bond acceptors (Lipinski definition) is 1. The van der Waals surface area contributed by atoms with Gasteiger partial charge in [0.1, 0.15) is 5.82 Å². The third-order valence-corrected chi connectivity index (χ3v) is 1.47. The molecule has 0 radical (unpaired) electrons. The predicted octanol–water partition coefficient (Wildman–Crippen LogP) is 2.11. The molecule has 0 bridgehead atoms. The van der Waals surface area contributed by atoms with Crippen LogP contribution in [-0.4, -0.2) is 11.7 Å². The molecule has 0 saturated heterocycles. The molecule has 0 saturated carbocycles. The highest BCUT2D eigenvalue weighted by atomic mass is 19.2. The minimum absolute atomic E-state index is 0.352. The summed E-state index contributed by atoms with van der Waals surface area (Å²) < 4.78 is 38.2. The molecule has 0 spiro atoms. The van der Waals surface area contributed by atoms with Gasteiger partial charge in [0.25, 0.3) is 0 Å². The van der Waals surface area contributed by atoms with E-state index in [0.717, 1.165) is 18.2 Å². The zero-order valence-electron chi connectivity index (χ0n) is 6.60. The van der Waals surface area contributed by atoms with E-state index in [2.05, 4.69) is 0 Å². The molecule has 1 N–H and O–H groups in total. The summed E-state index contributed by atoms with van der Waals surface area (Å²) in [4.78, 5) is 0. The number of hydrogen-bond donors (Lipinski definition) is 1. The van der Waals surface area contributed by atoms with Crippen LogP contribution in [0.3, 0.4) is 0 Å². The summed E-state index contributed by atoms with van der Waals surface area (Å²) in [6.07, 6.45) is 2.12. The molecular formula is C9H7F3O. The van der Waals surface area contributed by atoms with E-state index in [1.165, 1.54) is 0 Å². The van der Waals surface area contributed by atoms with Crippen LogP contribution >= 0.6 is 0 Å². The van der Waals surface area contributed by atoms with Gasteiger partial charge in [0.15, 0.2) is 11.6 Å². The molecule has 70 valence electrons. The van der Waals surface area contributed by atoms with Gasteiger partial charge in [-0.3, -0.25) is 0 Å². The van der Waals surface area contributed by atoms with Gasteiger partial charge in [0.2, 0.25) is 0 Å². The lowest BCUT2D eigenvalue weighted by Gasteiger charge is -1.99. The highest BCUT2D eigenvalue weighted by molar-refractivity contribution is 5.50. The third kappa shape index (κ3) is 2.09. The molecule has 0 aliphatic heterocycles. The lowest BCUT2D eigenvalue weighted by Crippen LogP contribution is -1.93. The Morgan fingerprint density at radius 1 is 1.15 bits per heavy atom. The van der Waals surface area contributed by atoms with E-state index < -0.39 is 23.0 Å². The fourth-order valence-electron chi connectivity index (χ4n) is 0.866. The third-order valence-electron chi connectivity index (χ3n) is 1.47. The maximum atomic E-state index is 12.8. The fourth-order valence-corrected chi connectivity index (χ4v) is 0.866. The summed E-state index contributed by atoms with van der Waals surface area (Å²) in [6.45, 7) is -0.352. The molecular weight excluding hydrogens is 181 g/mol. The van der Waals surface area contributed by atoms with Crippen molar-refractivity contribution in [2.45, 2.75) is 0 Å². The topological polar surface area (TPSA) is 20.2 Å². The molecule has 4 heteroatoms. The number of aliphatic hydroxyl groups is 1. The smallest absolute Gasteiger partial charge is 0.168 e. The second-order valence-electron chi connectivity index (χ2n) is 2.34. The fraction of sp³-hybridized carbons (Fsp3) is 0.111. The molecule has 1 aromatic carbocycles. The van der Waals surface area contributed by atoms with E-state index in [1.54, 1.807) is 0 Å². The minimum Gasteiger partial charge on any atom is -0.392 e. The highest BCUT2D eigenvalue weighted by Crippen LogP contribution is 2.16. The van der Waals surface area contributed by atoms with Gasteiger partial charge in [-0.25, -0.2) is 13.2 Å². The Morgan fingerprint density at radius 2 is 1.77 bits per heavy atom. The van der Waals surface area contributed by atoms with E-state index >= 15 is 0 Å². The van der Waals surface area contributed by atoms with Gasteiger partial charge < -0.3 is 5.11 Å². The first-order valence-corrected chi connectivity index (χ1v) is 3.57. The summed E-state index contributed by atoms with van der Waals surface area (Å²) in [7, 11) is 0. The molecule has 0 unspecified atom stereocenters. The van der Waals surface area contributed by atoms with Crippen molar-refractivity contribution in [1.29, 1.82) is 0 Å². The molecule has 13 heavy (non-hydrogen) atoms. The van der Waals surface area contributed by atoms with E-state index in [0.29, 0.717) is 6.07 Å². The number of rotatable bonds is 2. The van der Waals surface area contributed by atoms with E-state index in [9.17, 15) is 13.2 Å². The van der Waals surface area contributed by atoms with Gasteiger partial charge in [-0.1, -0.05) is 12.2 Å². The van der Waals surface area contributed by atoms with Crippen LogP contribution in [-0.2, 0) is 0 Å². The molecule has 1 nitrogen and oxygen atoms in total. The Labute approximate surface area is 73.1 Å². The van der Waals surface area contributed by atoms with Gasteiger partial charge in [-0.15, -0.1) is 0 Å². The standard InChI is InChI=1S/C9H7F3O/c10-7-3-4-8(11)9(12)6(7)2-1-5-13/h1-4,13H,5H2. The maximum absolute atomic E-state index is 12.8. The summed E-state index contributed by atoms with van der Waals surface area (Å²) in [5.41, 5.74) is -0.478. The van der Waals surface area contributed by atoms with Crippen molar-refractivity contribution in [3.05, 3.63) is 41.2 Å². The number of aliphatic hydroxyl groups excluding tert-OH is 1. The predicted molar refractivity (Wildman–Crippen MR) is 42.4 cm³/mol. The molecule has 0 amide bonds. The van der Waals surface area contributed by atoms with Crippen molar-refractivity contribution in [3.8, 4) is 0 Å². The number of benzene rings is 1. The van der Waals surface area contributed by atoms with Gasteiger partial charge in [-0.2, -0.15) is 0 Å². The normalized spacial score (nSPS) is 11.1. The molecule has 1 aromatic rings. The van der Waals surface area contributed by atoms with Gasteiger partial charge >= 0.3 is 0 Å². The Bertz CT molecular complexity index is 334. The second kappa shape index (κ2) is 4.09. The highest BCUT2D eigenvalue weighted by Gasteiger charge is 2.10. The van der Waals surface area contributed by atoms with Gasteiger partial charge in [0.05, 0.1) is 6.61 Å². The van der Waals surface area contributed by atoms with Crippen molar-refractivity contribution in [1.82, 2.24) is 0 Å². The van der Waals surface area contributed by atoms with Crippen LogP contribution in [0.4, 0.5) is 13.2 Å². The summed E-state index contributed by atoms with van der Waals surface area (Å²) in [6, 6.07) is 1.54. The Morgan fingerprint density at radius 3 is 2.38 bits per heavy atom. The first-order valence-electron chi connectivity index (χ1n) is 3.57. The van der Waals surface area contributed by atoms with Crippen LogP contribution in [0, 0.1) is 17.5 Å². The number of halogens is 3. The summed E-state index contributed by atoms with van der Waals surface area (Å²) >= 11 is 0. The van der Waals surface area contributed by atoms with Crippen molar-refractivity contribution in [2.75, 3.05) is 6.61 Å². The zero-order valence-corrected chi connectivity index (χ0v) is 6.60. The van der Waals surface area contributed by atoms with Crippen LogP contribution < -0.4 is 0 Å². The van der Waals surface area contributed by atoms with Crippen molar-refractivity contribution >= 4 is 6.08 Å². The summed E-state index contributed by atoms with van der Waals surface area (Å²) in [5.74, 6) is -3.22. The molecule has 0 aromatic heterocycles. The largest absolute Gasteiger partial charge is 0.392 e. The van der Waals surface area contributed by atoms with Crippen molar-refractivity contribution in [3.63, 3.8) is 0 Å². The van der Waals surface area contributed by atoms with Crippen LogP contribution in [0.1, 0.15) is 5.56 Å². The van der Waals surface area contributed by atoms with Crippen molar-refractivity contribution < 1.29 is 18.3 Å². The van der Waals surface area contributed by atoms with E-state index in [-0.39, 0.29) is 6.61 Å². The first kappa shape index (κ1) is 9.80. The molecule has 0 heterocycles. The quantitative estimate of drug-likeness (QED) is 0.704. The molecule has 0 aliphatic rings.